The van der Waals surface area contributed by atoms with Crippen molar-refractivity contribution in [1.29, 1.82) is 0 Å². The number of carboxylic acid groups (broad SMARTS) is 2. The Morgan fingerprint density at radius 2 is 1.31 bits per heavy atom. The first kappa shape index (κ1) is 12.4. The maximum Gasteiger partial charge on any atom is 2.00 e. The van der Waals surface area contributed by atoms with Gasteiger partial charge in [-0.1, -0.05) is 24.3 Å². The van der Waals surface area contributed by atoms with E-state index >= 15 is 0 Å². The summed E-state index contributed by atoms with van der Waals surface area (Å²) in [5.74, 6) is -3.04. The van der Waals surface area contributed by atoms with E-state index in [0.717, 1.165) is 12.1 Å². The van der Waals surface area contributed by atoms with E-state index in [1.165, 1.54) is 12.1 Å². The van der Waals surface area contributed by atoms with Gasteiger partial charge in [-0.3, -0.25) is 0 Å². The molecule has 5 heteroatoms. The molecule has 0 aromatic heterocycles. The first-order chi connectivity index (χ1) is 5.63. The third kappa shape index (κ3) is 2.99. The van der Waals surface area contributed by atoms with Gasteiger partial charge < -0.3 is 19.8 Å². The molecule has 0 radical (unpaired) electrons. The molecule has 13 heavy (non-hydrogen) atoms. The summed E-state index contributed by atoms with van der Waals surface area (Å²) in [5, 5.41) is 20.6. The van der Waals surface area contributed by atoms with Crippen LogP contribution in [0.2, 0.25) is 0 Å². The molecule has 0 aliphatic rings. The van der Waals surface area contributed by atoms with Crippen molar-refractivity contribution in [3.05, 3.63) is 35.4 Å². The van der Waals surface area contributed by atoms with Gasteiger partial charge in [-0.2, -0.15) is 0 Å². The van der Waals surface area contributed by atoms with Gasteiger partial charge in [-0.15, -0.1) is 0 Å². The van der Waals surface area contributed by atoms with Crippen molar-refractivity contribution in [2.45, 2.75) is 0 Å². The summed E-state index contributed by atoms with van der Waals surface area (Å²) in [5.41, 5.74) is -0.727. The van der Waals surface area contributed by atoms with Gasteiger partial charge in [0.1, 0.15) is 0 Å². The fraction of sp³-hybridized carbons (Fsp3) is 0. The Morgan fingerprint density at radius 3 is 1.54 bits per heavy atom. The molecular formula is C8H5CaO4+. The Bertz CT molecular complexity index is 307. The van der Waals surface area contributed by atoms with Crippen LogP contribution in [-0.4, -0.2) is 49.7 Å². The second-order valence-corrected chi connectivity index (χ2v) is 2.12. The predicted octanol–water partition coefficient (Wildman–Crippen LogP) is -1.85. The van der Waals surface area contributed by atoms with E-state index in [4.69, 9.17) is 0 Å². The molecule has 0 aliphatic carbocycles. The normalized spacial score (nSPS) is 8.62. The van der Waals surface area contributed by atoms with Crippen molar-refractivity contribution < 1.29 is 21.2 Å². The number of carbonyl (C=O) groups excluding carboxylic acids is 2. The Balaban J connectivity index is 0. The Kier molecular flexibility index (Phi) is 4.98. The third-order valence-electron chi connectivity index (χ3n) is 1.37. The minimum absolute atomic E-state index is 0. The standard InChI is InChI=1S/C8H6O4.Ca/c9-7(10)5-3-1-2-4-6(5)8(11)12;/h1-4H,(H,9,10)(H,11,12);/q;+2/p-1. The molecule has 0 aliphatic heterocycles. The van der Waals surface area contributed by atoms with Gasteiger partial charge in [-0.05, 0) is 0 Å². The quantitative estimate of drug-likeness (QED) is 0.530. The molecule has 0 saturated carbocycles. The average molecular weight is 205 g/mol. The van der Waals surface area contributed by atoms with E-state index < -0.39 is 11.9 Å². The summed E-state index contributed by atoms with van der Waals surface area (Å²) < 4.78 is 0. The maximum absolute atomic E-state index is 10.3. The summed E-state index contributed by atoms with van der Waals surface area (Å²) in [4.78, 5) is 20.6. The van der Waals surface area contributed by atoms with Gasteiger partial charge in [0.25, 0.3) is 0 Å². The van der Waals surface area contributed by atoms with Crippen LogP contribution < -0.4 is 10.2 Å². The molecule has 1 aromatic carbocycles. The Labute approximate surface area is 106 Å². The molecule has 0 saturated heterocycles. The second kappa shape index (κ2) is 5.21. The van der Waals surface area contributed by atoms with E-state index in [2.05, 4.69) is 0 Å². The van der Waals surface area contributed by atoms with E-state index in [0.29, 0.717) is 0 Å². The molecule has 0 heterocycles. The number of aromatic carboxylic acids is 2. The number of carboxylic acids is 2. The molecule has 0 N–H and O–H groups in total. The molecule has 4 nitrogen and oxygen atoms in total. The van der Waals surface area contributed by atoms with Crippen LogP contribution in [0.5, 0.6) is 0 Å². The summed E-state index contributed by atoms with van der Waals surface area (Å²) in [6.07, 6.45) is 0. The van der Waals surface area contributed by atoms with Gasteiger partial charge in [0.2, 0.25) is 0 Å². The minimum atomic E-state index is -1.52. The van der Waals surface area contributed by atoms with E-state index in [9.17, 15) is 19.8 Å². The first-order valence-corrected chi connectivity index (χ1v) is 3.14. The van der Waals surface area contributed by atoms with Gasteiger partial charge in [-0.25, -0.2) is 0 Å². The molecule has 0 amide bonds. The van der Waals surface area contributed by atoms with Crippen LogP contribution in [-0.2, 0) is 0 Å². The number of carbonyl (C=O) groups is 2. The summed E-state index contributed by atoms with van der Waals surface area (Å²) >= 11 is 0. The number of rotatable bonds is 2. The van der Waals surface area contributed by atoms with E-state index in [1.807, 2.05) is 0 Å². The van der Waals surface area contributed by atoms with Crippen molar-refractivity contribution in [2.75, 3.05) is 0 Å². The predicted molar refractivity (Wildman–Crippen MR) is 42.0 cm³/mol. The van der Waals surface area contributed by atoms with Crippen molar-refractivity contribution in [3.8, 4) is 0 Å². The van der Waals surface area contributed by atoms with Crippen LogP contribution >= 0.6 is 0 Å². The van der Waals surface area contributed by atoms with Crippen LogP contribution in [0.3, 0.4) is 0 Å². The molecule has 0 fully saturated rings. The Morgan fingerprint density at radius 1 is 1.00 bits per heavy atom. The minimum Gasteiger partial charge on any atom is -0.545 e. The molecule has 0 spiro atoms. The van der Waals surface area contributed by atoms with Crippen molar-refractivity contribution in [2.24, 2.45) is 0 Å². The molecule has 0 bridgehead atoms. The third-order valence-corrected chi connectivity index (χ3v) is 1.37. The summed E-state index contributed by atoms with van der Waals surface area (Å²) in [7, 11) is 0. The second-order valence-electron chi connectivity index (χ2n) is 2.12. The van der Waals surface area contributed by atoms with Crippen molar-refractivity contribution >= 4 is 49.7 Å². The van der Waals surface area contributed by atoms with Gasteiger partial charge in [0.15, 0.2) is 0 Å². The molecule has 0 atom stereocenters. The van der Waals surface area contributed by atoms with Crippen LogP contribution in [0.15, 0.2) is 24.3 Å². The molecule has 0 unspecified atom stereocenters. The first-order valence-electron chi connectivity index (χ1n) is 3.14. The topological polar surface area (TPSA) is 80.3 Å². The van der Waals surface area contributed by atoms with Gasteiger partial charge in [0, 0.05) is 11.1 Å². The number of benzene rings is 1. The van der Waals surface area contributed by atoms with E-state index in [1.54, 1.807) is 0 Å². The van der Waals surface area contributed by atoms with Crippen LogP contribution in [0.1, 0.15) is 22.1 Å². The number of hydrogen-bond acceptors (Lipinski definition) is 4. The molecule has 1 rings (SSSR count). The van der Waals surface area contributed by atoms with Crippen LogP contribution in [0, 0.1) is 0 Å². The molecular weight excluding hydrogens is 200 g/mol. The largest absolute Gasteiger partial charge is 2.00 e. The van der Waals surface area contributed by atoms with Crippen molar-refractivity contribution in [1.82, 2.24) is 0 Å². The smallest absolute Gasteiger partial charge is 0.545 e. The van der Waals surface area contributed by atoms with Crippen LogP contribution in [0.4, 0.5) is 0 Å². The monoisotopic (exact) mass is 205 g/mol. The SMILES string of the molecule is O=C([O-])c1ccccc1C(=O)[O-].[Ca+2].[H+]. The van der Waals surface area contributed by atoms with Crippen LogP contribution in [0.25, 0.3) is 0 Å². The van der Waals surface area contributed by atoms with E-state index in [-0.39, 0.29) is 50.3 Å². The molecule has 1 aromatic rings. The zero-order chi connectivity index (χ0) is 9.14. The zero-order valence-electron chi connectivity index (χ0n) is 7.65. The van der Waals surface area contributed by atoms with Gasteiger partial charge in [0.05, 0.1) is 11.9 Å². The Hall–Kier alpha value is -0.580. The fourth-order valence-electron chi connectivity index (χ4n) is 0.839. The summed E-state index contributed by atoms with van der Waals surface area (Å²) in [6, 6.07) is 5.14. The van der Waals surface area contributed by atoms with Gasteiger partial charge >= 0.3 is 39.2 Å². The zero-order valence-corrected chi connectivity index (χ0v) is 8.86. The van der Waals surface area contributed by atoms with Crippen molar-refractivity contribution in [3.63, 3.8) is 0 Å². The number of hydrogen-bond donors (Lipinski definition) is 0. The maximum atomic E-state index is 10.3. The summed E-state index contributed by atoms with van der Waals surface area (Å²) in [6.45, 7) is 0. The average Bonchev–Trinajstić information content (AvgIpc) is 2.04. The fourth-order valence-corrected chi connectivity index (χ4v) is 0.839. The molecule has 62 valence electrons.